The second-order valence-corrected chi connectivity index (χ2v) is 5.41. The van der Waals surface area contributed by atoms with E-state index in [1.807, 2.05) is 6.92 Å². The van der Waals surface area contributed by atoms with Crippen LogP contribution in [0.15, 0.2) is 5.29 Å². The Hall–Kier alpha value is -1.15. The van der Waals surface area contributed by atoms with Crippen molar-refractivity contribution in [1.29, 1.82) is 5.26 Å². The number of rotatable bonds is 4. The Morgan fingerprint density at radius 2 is 2.00 bits per heavy atom. The van der Waals surface area contributed by atoms with Crippen molar-refractivity contribution in [3.05, 3.63) is 4.91 Å². The molecule has 1 saturated carbocycles. The van der Waals surface area contributed by atoms with E-state index in [2.05, 4.69) is 16.3 Å². The zero-order valence-electron chi connectivity index (χ0n) is 11.1. The third-order valence-corrected chi connectivity index (χ3v) is 4.35. The van der Waals surface area contributed by atoms with Crippen LogP contribution in [0.4, 0.5) is 0 Å². The maximum absolute atomic E-state index is 11.2. The topological polar surface area (TPSA) is 59.7 Å². The molecule has 1 aliphatic carbocycles. The van der Waals surface area contributed by atoms with Crippen molar-refractivity contribution in [1.82, 2.24) is 9.91 Å². The molecule has 0 aromatic rings. The summed E-state index contributed by atoms with van der Waals surface area (Å²) < 4.78 is 0. The van der Waals surface area contributed by atoms with Crippen LogP contribution in [0.25, 0.3) is 0 Å². The Labute approximate surface area is 109 Å². The molecule has 0 bridgehead atoms. The fourth-order valence-electron chi connectivity index (χ4n) is 3.31. The SMILES string of the molecule is CC(N1CCCC1C#N)N(N=O)C1CCCCC1. The van der Waals surface area contributed by atoms with Crippen molar-refractivity contribution in [2.24, 2.45) is 5.29 Å². The lowest BCUT2D eigenvalue weighted by Gasteiger charge is -2.38. The largest absolute Gasteiger partial charge is 0.266 e. The van der Waals surface area contributed by atoms with Crippen LogP contribution in [0.3, 0.4) is 0 Å². The van der Waals surface area contributed by atoms with Crippen molar-refractivity contribution >= 4 is 0 Å². The zero-order chi connectivity index (χ0) is 13.0. The first-order valence-electron chi connectivity index (χ1n) is 7.05. The molecule has 1 saturated heterocycles. The highest BCUT2D eigenvalue weighted by atomic mass is 16.3. The van der Waals surface area contributed by atoms with E-state index in [1.165, 1.54) is 19.3 Å². The molecule has 2 rings (SSSR count). The lowest BCUT2D eigenvalue weighted by atomic mass is 9.95. The van der Waals surface area contributed by atoms with Gasteiger partial charge in [-0.1, -0.05) is 19.3 Å². The molecule has 0 N–H and O–H groups in total. The summed E-state index contributed by atoms with van der Waals surface area (Å²) in [4.78, 5) is 13.3. The monoisotopic (exact) mass is 250 g/mol. The molecule has 100 valence electrons. The maximum atomic E-state index is 11.2. The first-order chi connectivity index (χ1) is 8.77. The fraction of sp³-hybridized carbons (Fsp3) is 0.923. The standard InChI is InChI=1S/C13H22N4O/c1-11(16-9-5-8-13(16)10-14)17(15-18)12-6-3-2-4-7-12/h11-13H,2-9H2,1H3. The van der Waals surface area contributed by atoms with E-state index in [4.69, 9.17) is 5.26 Å². The fourth-order valence-corrected chi connectivity index (χ4v) is 3.31. The van der Waals surface area contributed by atoms with E-state index in [0.29, 0.717) is 0 Å². The number of hydrogen-bond donors (Lipinski definition) is 0. The first-order valence-corrected chi connectivity index (χ1v) is 7.05. The first kappa shape index (κ1) is 13.3. The van der Waals surface area contributed by atoms with Gasteiger partial charge in [0.05, 0.1) is 23.4 Å². The highest BCUT2D eigenvalue weighted by molar-refractivity contribution is 4.97. The molecular formula is C13H22N4O. The third-order valence-electron chi connectivity index (χ3n) is 4.35. The highest BCUT2D eigenvalue weighted by Crippen LogP contribution is 2.28. The Morgan fingerprint density at radius 1 is 1.28 bits per heavy atom. The average molecular weight is 250 g/mol. The van der Waals surface area contributed by atoms with Gasteiger partial charge in [-0.25, -0.2) is 5.01 Å². The molecule has 0 aromatic carbocycles. The van der Waals surface area contributed by atoms with Gasteiger partial charge in [-0.2, -0.15) is 5.26 Å². The van der Waals surface area contributed by atoms with E-state index >= 15 is 0 Å². The van der Waals surface area contributed by atoms with Crippen molar-refractivity contribution in [2.45, 2.75) is 70.1 Å². The molecule has 0 amide bonds. The normalized spacial score (nSPS) is 27.7. The quantitative estimate of drug-likeness (QED) is 0.568. The maximum Gasteiger partial charge on any atom is 0.101 e. The second kappa shape index (κ2) is 6.14. The number of nitrogens with zero attached hydrogens (tertiary/aromatic N) is 4. The smallest absolute Gasteiger partial charge is 0.101 e. The van der Waals surface area contributed by atoms with Crippen molar-refractivity contribution in [3.8, 4) is 6.07 Å². The van der Waals surface area contributed by atoms with E-state index in [0.717, 1.165) is 32.2 Å². The molecule has 18 heavy (non-hydrogen) atoms. The Kier molecular flexibility index (Phi) is 4.54. The van der Waals surface area contributed by atoms with Crippen LogP contribution in [0.2, 0.25) is 0 Å². The van der Waals surface area contributed by atoms with Gasteiger partial charge in [0, 0.05) is 6.54 Å². The molecule has 1 aliphatic heterocycles. The van der Waals surface area contributed by atoms with Gasteiger partial charge in [-0.3, -0.25) is 4.90 Å². The van der Waals surface area contributed by atoms with Gasteiger partial charge >= 0.3 is 0 Å². The van der Waals surface area contributed by atoms with Crippen LogP contribution < -0.4 is 0 Å². The molecule has 1 heterocycles. The highest BCUT2D eigenvalue weighted by Gasteiger charge is 2.35. The summed E-state index contributed by atoms with van der Waals surface area (Å²) in [5.74, 6) is 0. The van der Waals surface area contributed by atoms with Gasteiger partial charge in [0.2, 0.25) is 0 Å². The summed E-state index contributed by atoms with van der Waals surface area (Å²) in [6.45, 7) is 2.91. The predicted octanol–water partition coefficient (Wildman–Crippen LogP) is 2.64. The van der Waals surface area contributed by atoms with E-state index in [9.17, 15) is 4.91 Å². The van der Waals surface area contributed by atoms with Crippen LogP contribution in [-0.2, 0) is 0 Å². The lowest BCUT2D eigenvalue weighted by Crippen LogP contribution is -2.50. The van der Waals surface area contributed by atoms with Crippen molar-refractivity contribution in [2.75, 3.05) is 6.54 Å². The molecule has 2 aliphatic rings. The molecule has 0 aromatic heterocycles. The minimum absolute atomic E-state index is 0.0438. The average Bonchev–Trinajstić information content (AvgIpc) is 2.89. The predicted molar refractivity (Wildman–Crippen MR) is 69.3 cm³/mol. The summed E-state index contributed by atoms with van der Waals surface area (Å²) in [5.41, 5.74) is 0. The Morgan fingerprint density at radius 3 is 2.61 bits per heavy atom. The summed E-state index contributed by atoms with van der Waals surface area (Å²) >= 11 is 0. The summed E-state index contributed by atoms with van der Waals surface area (Å²) in [5, 5.41) is 14.1. The van der Waals surface area contributed by atoms with Crippen LogP contribution >= 0.6 is 0 Å². The van der Waals surface area contributed by atoms with Gasteiger partial charge in [-0.05, 0) is 32.6 Å². The molecular weight excluding hydrogens is 228 g/mol. The minimum Gasteiger partial charge on any atom is -0.266 e. The minimum atomic E-state index is -0.0483. The molecule has 2 fully saturated rings. The Balaban J connectivity index is 2.02. The number of hydrogen-bond acceptors (Lipinski definition) is 4. The van der Waals surface area contributed by atoms with Gasteiger partial charge in [-0.15, -0.1) is 4.91 Å². The van der Waals surface area contributed by atoms with Gasteiger partial charge in [0.15, 0.2) is 0 Å². The summed E-state index contributed by atoms with van der Waals surface area (Å²) in [6, 6.07) is 2.55. The molecule has 5 heteroatoms. The molecule has 5 nitrogen and oxygen atoms in total. The third kappa shape index (κ3) is 2.64. The molecule has 0 spiro atoms. The van der Waals surface area contributed by atoms with E-state index < -0.39 is 0 Å². The van der Waals surface area contributed by atoms with Crippen LogP contribution in [0.5, 0.6) is 0 Å². The molecule has 0 radical (unpaired) electrons. The number of nitroso groups, excluding NO2 is 1. The van der Waals surface area contributed by atoms with Gasteiger partial charge < -0.3 is 0 Å². The summed E-state index contributed by atoms with van der Waals surface area (Å²) in [6.07, 6.45) is 7.66. The number of likely N-dealkylation sites (tertiary alicyclic amines) is 1. The van der Waals surface area contributed by atoms with Crippen molar-refractivity contribution < 1.29 is 0 Å². The second-order valence-electron chi connectivity index (χ2n) is 5.41. The zero-order valence-corrected chi connectivity index (χ0v) is 11.1. The molecule has 2 unspecified atom stereocenters. The van der Waals surface area contributed by atoms with Crippen molar-refractivity contribution in [3.63, 3.8) is 0 Å². The van der Waals surface area contributed by atoms with Crippen LogP contribution in [-0.4, -0.2) is 34.7 Å². The molecule has 2 atom stereocenters. The van der Waals surface area contributed by atoms with Gasteiger partial charge in [0.25, 0.3) is 0 Å². The van der Waals surface area contributed by atoms with E-state index in [1.54, 1.807) is 5.01 Å². The number of nitriles is 1. The Bertz CT molecular complexity index is 321. The lowest BCUT2D eigenvalue weighted by molar-refractivity contribution is 0.0131. The van der Waals surface area contributed by atoms with Crippen LogP contribution in [0.1, 0.15) is 51.9 Å². The van der Waals surface area contributed by atoms with Crippen LogP contribution in [0, 0.1) is 16.2 Å². The van der Waals surface area contributed by atoms with Gasteiger partial charge in [0.1, 0.15) is 6.17 Å². The summed E-state index contributed by atoms with van der Waals surface area (Å²) in [7, 11) is 0. The van der Waals surface area contributed by atoms with E-state index in [-0.39, 0.29) is 18.2 Å².